The molecule has 0 atom stereocenters. The molecule has 0 saturated heterocycles. The van der Waals surface area contributed by atoms with Crippen LogP contribution in [0.3, 0.4) is 0 Å². The van der Waals surface area contributed by atoms with Crippen LogP contribution in [0.2, 0.25) is 0 Å². The van der Waals surface area contributed by atoms with E-state index >= 15 is 0 Å². The van der Waals surface area contributed by atoms with Crippen LogP contribution >= 0.6 is 11.8 Å². The Kier molecular flexibility index (Phi) is 7.18. The standard InChI is InChI=1S/C9H21NS/c1-9(2)6-5-7-10(3)8-11-4/h9H,5-8H2,1-4H3. The Morgan fingerprint density at radius 3 is 2.45 bits per heavy atom. The molecule has 0 aromatic heterocycles. The zero-order valence-electron chi connectivity index (χ0n) is 8.26. The van der Waals surface area contributed by atoms with Crippen molar-refractivity contribution in [3.63, 3.8) is 0 Å². The van der Waals surface area contributed by atoms with Crippen LogP contribution in [0.4, 0.5) is 0 Å². The molecule has 0 aromatic rings. The zero-order chi connectivity index (χ0) is 8.69. The smallest absolute Gasteiger partial charge is 0.0438 e. The lowest BCUT2D eigenvalue weighted by molar-refractivity contribution is 0.366. The van der Waals surface area contributed by atoms with Crippen molar-refractivity contribution in [3.8, 4) is 0 Å². The van der Waals surface area contributed by atoms with Crippen LogP contribution in [0, 0.1) is 5.92 Å². The molecule has 11 heavy (non-hydrogen) atoms. The highest BCUT2D eigenvalue weighted by Crippen LogP contribution is 2.05. The summed E-state index contributed by atoms with van der Waals surface area (Å²) < 4.78 is 0. The molecule has 0 amide bonds. The second-order valence-corrected chi connectivity index (χ2v) is 4.37. The molecule has 0 aliphatic carbocycles. The van der Waals surface area contributed by atoms with E-state index < -0.39 is 0 Å². The van der Waals surface area contributed by atoms with Gasteiger partial charge in [-0.1, -0.05) is 13.8 Å². The fourth-order valence-electron chi connectivity index (χ4n) is 1.05. The summed E-state index contributed by atoms with van der Waals surface area (Å²) in [6.07, 6.45) is 4.85. The summed E-state index contributed by atoms with van der Waals surface area (Å²) in [5, 5.41) is 0. The van der Waals surface area contributed by atoms with Gasteiger partial charge in [-0.15, -0.1) is 11.8 Å². The highest BCUT2D eigenvalue weighted by atomic mass is 32.2. The molecule has 0 fully saturated rings. The van der Waals surface area contributed by atoms with Crippen LogP contribution in [0.25, 0.3) is 0 Å². The maximum absolute atomic E-state index is 2.38. The lowest BCUT2D eigenvalue weighted by Gasteiger charge is -2.15. The Morgan fingerprint density at radius 1 is 1.36 bits per heavy atom. The van der Waals surface area contributed by atoms with Gasteiger partial charge >= 0.3 is 0 Å². The van der Waals surface area contributed by atoms with Gasteiger partial charge in [0.25, 0.3) is 0 Å². The number of rotatable bonds is 6. The van der Waals surface area contributed by atoms with E-state index in [2.05, 4.69) is 32.1 Å². The molecule has 0 radical (unpaired) electrons. The van der Waals surface area contributed by atoms with Crippen LogP contribution < -0.4 is 0 Å². The Hall–Kier alpha value is 0.310. The van der Waals surface area contributed by atoms with E-state index in [1.807, 2.05) is 11.8 Å². The third kappa shape index (κ3) is 8.21. The average molecular weight is 175 g/mol. The summed E-state index contributed by atoms with van der Waals surface area (Å²) in [4.78, 5) is 2.38. The maximum atomic E-state index is 2.38. The second-order valence-electron chi connectivity index (χ2n) is 3.53. The Bertz CT molecular complexity index is 83.6. The van der Waals surface area contributed by atoms with Crippen LogP contribution in [-0.2, 0) is 0 Å². The number of hydrogen-bond acceptors (Lipinski definition) is 2. The fourth-order valence-corrected chi connectivity index (χ4v) is 1.62. The predicted molar refractivity (Wildman–Crippen MR) is 55.1 cm³/mol. The quantitative estimate of drug-likeness (QED) is 0.571. The molecule has 0 N–H and O–H groups in total. The van der Waals surface area contributed by atoms with E-state index in [1.165, 1.54) is 19.4 Å². The monoisotopic (exact) mass is 175 g/mol. The zero-order valence-corrected chi connectivity index (χ0v) is 9.08. The molecule has 2 heteroatoms. The van der Waals surface area contributed by atoms with Gasteiger partial charge in [0.1, 0.15) is 0 Å². The van der Waals surface area contributed by atoms with Crippen molar-refractivity contribution in [3.05, 3.63) is 0 Å². The highest BCUT2D eigenvalue weighted by Gasteiger charge is 1.97. The van der Waals surface area contributed by atoms with E-state index in [4.69, 9.17) is 0 Å². The van der Waals surface area contributed by atoms with Gasteiger partial charge in [-0.25, -0.2) is 0 Å². The van der Waals surface area contributed by atoms with Gasteiger partial charge in [0, 0.05) is 5.88 Å². The van der Waals surface area contributed by atoms with Crippen LogP contribution in [0.15, 0.2) is 0 Å². The molecular weight excluding hydrogens is 154 g/mol. The van der Waals surface area contributed by atoms with Crippen molar-refractivity contribution in [2.75, 3.05) is 25.7 Å². The van der Waals surface area contributed by atoms with Crippen LogP contribution in [0.5, 0.6) is 0 Å². The summed E-state index contributed by atoms with van der Waals surface area (Å²) in [6.45, 7) is 5.82. The largest absolute Gasteiger partial charge is 0.297 e. The summed E-state index contributed by atoms with van der Waals surface area (Å²) in [6, 6.07) is 0. The molecule has 1 nitrogen and oxygen atoms in total. The molecule has 0 heterocycles. The van der Waals surface area contributed by atoms with Gasteiger partial charge < -0.3 is 0 Å². The van der Waals surface area contributed by atoms with Gasteiger partial charge in [0.2, 0.25) is 0 Å². The van der Waals surface area contributed by atoms with Crippen molar-refractivity contribution >= 4 is 11.8 Å². The van der Waals surface area contributed by atoms with E-state index in [0.717, 1.165) is 11.8 Å². The van der Waals surface area contributed by atoms with Gasteiger partial charge in [-0.2, -0.15) is 0 Å². The van der Waals surface area contributed by atoms with Gasteiger partial charge in [-0.3, -0.25) is 4.90 Å². The first-order chi connectivity index (χ1) is 5.16. The van der Waals surface area contributed by atoms with Crippen molar-refractivity contribution in [1.29, 1.82) is 0 Å². The molecular formula is C9H21NS. The van der Waals surface area contributed by atoms with E-state index in [-0.39, 0.29) is 0 Å². The fraction of sp³-hybridized carbons (Fsp3) is 1.00. The lowest BCUT2D eigenvalue weighted by Crippen LogP contribution is -2.18. The third-order valence-corrected chi connectivity index (χ3v) is 2.37. The first kappa shape index (κ1) is 11.3. The van der Waals surface area contributed by atoms with Gasteiger partial charge in [0.15, 0.2) is 0 Å². The minimum Gasteiger partial charge on any atom is -0.297 e. The summed E-state index contributed by atoms with van der Waals surface area (Å²) in [5.41, 5.74) is 0. The van der Waals surface area contributed by atoms with Crippen molar-refractivity contribution in [2.24, 2.45) is 5.92 Å². The molecule has 0 saturated carbocycles. The van der Waals surface area contributed by atoms with Gasteiger partial charge in [-0.05, 0) is 38.6 Å². The summed E-state index contributed by atoms with van der Waals surface area (Å²) in [5.74, 6) is 2.02. The molecule has 0 aliphatic rings. The Labute approximate surface area is 75.5 Å². The van der Waals surface area contributed by atoms with Crippen molar-refractivity contribution < 1.29 is 0 Å². The summed E-state index contributed by atoms with van der Waals surface area (Å²) >= 11 is 1.89. The topological polar surface area (TPSA) is 3.24 Å². The Balaban J connectivity index is 3.10. The number of hydrogen-bond donors (Lipinski definition) is 0. The number of thioether (sulfide) groups is 1. The minimum atomic E-state index is 0.859. The SMILES string of the molecule is CSCN(C)CCCC(C)C. The van der Waals surface area contributed by atoms with Crippen molar-refractivity contribution in [2.45, 2.75) is 26.7 Å². The van der Waals surface area contributed by atoms with E-state index in [9.17, 15) is 0 Å². The number of nitrogens with zero attached hydrogens (tertiary/aromatic N) is 1. The highest BCUT2D eigenvalue weighted by molar-refractivity contribution is 7.98. The molecule has 0 rings (SSSR count). The van der Waals surface area contributed by atoms with Crippen molar-refractivity contribution in [1.82, 2.24) is 4.90 Å². The molecule has 68 valence electrons. The average Bonchev–Trinajstić information content (AvgIpc) is 1.87. The van der Waals surface area contributed by atoms with Gasteiger partial charge in [0.05, 0.1) is 0 Å². The third-order valence-electron chi connectivity index (χ3n) is 1.67. The first-order valence-electron chi connectivity index (χ1n) is 4.34. The molecule has 0 bridgehead atoms. The van der Waals surface area contributed by atoms with Crippen LogP contribution in [-0.4, -0.2) is 30.6 Å². The van der Waals surface area contributed by atoms with E-state index in [1.54, 1.807) is 0 Å². The second kappa shape index (κ2) is 6.99. The molecule has 0 spiro atoms. The van der Waals surface area contributed by atoms with Crippen LogP contribution in [0.1, 0.15) is 26.7 Å². The summed E-state index contributed by atoms with van der Waals surface area (Å²) in [7, 11) is 2.19. The minimum absolute atomic E-state index is 0.859. The molecule has 0 aliphatic heterocycles. The lowest BCUT2D eigenvalue weighted by atomic mass is 10.1. The maximum Gasteiger partial charge on any atom is 0.0438 e. The first-order valence-corrected chi connectivity index (χ1v) is 5.73. The molecule has 0 unspecified atom stereocenters. The molecule has 0 aromatic carbocycles. The Morgan fingerprint density at radius 2 is 2.00 bits per heavy atom. The normalized spacial score (nSPS) is 11.5. The predicted octanol–water partition coefficient (Wildman–Crippen LogP) is 2.67. The van der Waals surface area contributed by atoms with E-state index in [0.29, 0.717) is 0 Å².